The maximum Gasteiger partial charge on any atom is 0.274 e. The molecular weight excluding hydrogens is 608 g/mol. The summed E-state index contributed by atoms with van der Waals surface area (Å²) in [4.78, 5) is 42.9. The van der Waals surface area contributed by atoms with Crippen LogP contribution in [-0.2, 0) is 23.2 Å². The fourth-order valence-electron chi connectivity index (χ4n) is 7.90. The average molecular weight is 651 g/mol. The Morgan fingerprint density at radius 3 is 2.69 bits per heavy atom. The molecule has 3 N–H and O–H groups in total. The highest BCUT2D eigenvalue weighted by Gasteiger charge is 2.37. The van der Waals surface area contributed by atoms with Gasteiger partial charge in [-0.3, -0.25) is 19.4 Å². The van der Waals surface area contributed by atoms with Crippen molar-refractivity contribution in [3.8, 4) is 11.1 Å². The van der Waals surface area contributed by atoms with Gasteiger partial charge in [0, 0.05) is 73.9 Å². The highest BCUT2D eigenvalue weighted by Crippen LogP contribution is 2.43. The number of hydrogen-bond donors (Lipinski definition) is 3. The quantitative estimate of drug-likeness (QED) is 0.350. The third-order valence-corrected chi connectivity index (χ3v) is 10.6. The summed E-state index contributed by atoms with van der Waals surface area (Å²) < 4.78 is 6.90. The molecule has 0 radical (unpaired) electrons. The molecule has 2 saturated heterocycles. The number of ether oxygens (including phenoxy) is 1. The number of aryl methyl sites for hydroxylation is 1. The molecule has 3 aliphatic heterocycles. The van der Waals surface area contributed by atoms with Crippen molar-refractivity contribution in [1.29, 1.82) is 0 Å². The van der Waals surface area contributed by atoms with E-state index in [1.54, 1.807) is 30.4 Å². The summed E-state index contributed by atoms with van der Waals surface area (Å²) in [5, 5.41) is 17.4. The van der Waals surface area contributed by atoms with E-state index < -0.39 is 0 Å². The molecule has 0 aromatic carbocycles. The molecule has 12 heteroatoms. The number of pyridine rings is 3. The monoisotopic (exact) mass is 650 g/mol. The fraction of sp³-hybridized carbons (Fsp3) is 0.444. The van der Waals surface area contributed by atoms with E-state index in [1.807, 2.05) is 24.4 Å². The first-order valence-electron chi connectivity index (χ1n) is 17.0. The second-order valence-corrected chi connectivity index (χ2v) is 13.5. The molecule has 48 heavy (non-hydrogen) atoms. The lowest BCUT2D eigenvalue weighted by atomic mass is 9.93. The summed E-state index contributed by atoms with van der Waals surface area (Å²) in [6, 6.07) is 8.42. The van der Waals surface area contributed by atoms with Gasteiger partial charge in [0.25, 0.3) is 11.5 Å². The van der Waals surface area contributed by atoms with E-state index in [4.69, 9.17) is 4.74 Å². The molecule has 5 aliphatic rings. The van der Waals surface area contributed by atoms with Crippen molar-refractivity contribution >= 4 is 28.9 Å². The lowest BCUT2D eigenvalue weighted by molar-refractivity contribution is -0.115. The van der Waals surface area contributed by atoms with Crippen molar-refractivity contribution in [1.82, 2.24) is 24.8 Å². The van der Waals surface area contributed by atoms with Gasteiger partial charge < -0.3 is 29.9 Å². The van der Waals surface area contributed by atoms with E-state index in [2.05, 4.69) is 37.3 Å². The van der Waals surface area contributed by atoms with Gasteiger partial charge in [-0.25, -0.2) is 9.97 Å². The van der Waals surface area contributed by atoms with Crippen LogP contribution >= 0.6 is 0 Å². The number of aromatic nitrogens is 3. The molecule has 0 unspecified atom stereocenters. The largest absolute Gasteiger partial charge is 0.392 e. The molecule has 6 heterocycles. The summed E-state index contributed by atoms with van der Waals surface area (Å²) in [5.41, 5.74) is 7.61. The van der Waals surface area contributed by atoms with Crippen LogP contribution in [0.4, 0.5) is 23.0 Å². The van der Waals surface area contributed by atoms with Gasteiger partial charge in [-0.1, -0.05) is 5.57 Å². The van der Waals surface area contributed by atoms with Gasteiger partial charge in [-0.2, -0.15) is 0 Å². The van der Waals surface area contributed by atoms with Crippen molar-refractivity contribution < 1.29 is 14.6 Å². The molecule has 0 saturated carbocycles. The first kappa shape index (κ1) is 30.8. The Labute approximate surface area is 279 Å². The van der Waals surface area contributed by atoms with Crippen LogP contribution in [0.2, 0.25) is 0 Å². The number of fused-ring (bicyclic) bond motifs is 1. The van der Waals surface area contributed by atoms with Crippen LogP contribution in [0, 0.1) is 0 Å². The maximum atomic E-state index is 13.8. The highest BCUT2D eigenvalue weighted by molar-refractivity contribution is 6.08. The number of aliphatic hydroxyl groups excluding tert-OH is 1. The van der Waals surface area contributed by atoms with Gasteiger partial charge in [0.2, 0.25) is 0 Å². The number of rotatable bonds is 7. The van der Waals surface area contributed by atoms with Crippen LogP contribution in [0.3, 0.4) is 0 Å². The number of nitrogens with zero attached hydrogens (tertiary/aromatic N) is 6. The number of anilines is 4. The molecule has 0 bridgehead atoms. The van der Waals surface area contributed by atoms with Crippen molar-refractivity contribution in [2.24, 2.45) is 7.05 Å². The van der Waals surface area contributed by atoms with Crippen LogP contribution in [0.1, 0.15) is 44.6 Å². The van der Waals surface area contributed by atoms with E-state index in [9.17, 15) is 14.7 Å². The topological polar surface area (TPSA) is 128 Å². The predicted molar refractivity (Wildman–Crippen MR) is 184 cm³/mol. The molecular formula is C36H42N8O4. The number of amides is 1. The van der Waals surface area contributed by atoms with E-state index in [1.165, 1.54) is 22.1 Å². The number of piperazine rings is 1. The second-order valence-electron chi connectivity index (χ2n) is 13.5. The number of aliphatic hydroxyl groups is 1. The van der Waals surface area contributed by atoms with Gasteiger partial charge in [0.1, 0.15) is 17.3 Å². The summed E-state index contributed by atoms with van der Waals surface area (Å²) in [5.74, 6) is 0.908. The lowest BCUT2D eigenvalue weighted by Gasteiger charge is -2.46. The molecule has 12 nitrogen and oxygen atoms in total. The van der Waals surface area contributed by atoms with Crippen LogP contribution in [0.15, 0.2) is 70.1 Å². The summed E-state index contributed by atoms with van der Waals surface area (Å²) in [6.45, 7) is 6.76. The van der Waals surface area contributed by atoms with E-state index in [0.717, 1.165) is 69.1 Å². The number of nitrogens with one attached hydrogen (secondary N) is 2. The van der Waals surface area contributed by atoms with Crippen molar-refractivity contribution in [2.75, 3.05) is 54.6 Å². The van der Waals surface area contributed by atoms with Crippen LogP contribution in [0.5, 0.6) is 0 Å². The fourth-order valence-corrected chi connectivity index (χ4v) is 7.90. The summed E-state index contributed by atoms with van der Waals surface area (Å²) in [7, 11) is 1.70. The van der Waals surface area contributed by atoms with E-state index in [0.29, 0.717) is 52.5 Å². The zero-order chi connectivity index (χ0) is 32.9. The summed E-state index contributed by atoms with van der Waals surface area (Å²) >= 11 is 0. The Bertz CT molecular complexity index is 1880. The van der Waals surface area contributed by atoms with Crippen molar-refractivity contribution in [3.05, 3.63) is 81.2 Å². The molecule has 1 amide bonds. The minimum absolute atomic E-state index is 0.0703. The minimum atomic E-state index is -0.321. The zero-order valence-corrected chi connectivity index (χ0v) is 27.5. The Morgan fingerprint density at radius 2 is 1.94 bits per heavy atom. The Kier molecular flexibility index (Phi) is 8.02. The maximum absolute atomic E-state index is 13.8. The average Bonchev–Trinajstić information content (AvgIpc) is 3.46. The number of carbonyl (C=O) groups is 1. The Morgan fingerprint density at radius 1 is 1.08 bits per heavy atom. The molecule has 0 spiro atoms. The SMILES string of the molecule is C[C@H]1CN(C2COC2)CCN1c1ccc(Nc2cc(-c3ccnc(N4CNC5=C(CC6=C5CCCC6)C4=O)c3CO)cn(C)c2=O)nc1. The lowest BCUT2D eigenvalue weighted by Crippen LogP contribution is -2.59. The molecule has 8 rings (SSSR count). The first-order chi connectivity index (χ1) is 23.4. The molecule has 2 aliphatic carbocycles. The molecule has 1 atom stereocenters. The number of allylic oxidation sites excluding steroid dienone is 2. The molecule has 3 aromatic heterocycles. The third-order valence-electron chi connectivity index (χ3n) is 10.6. The molecule has 3 aromatic rings. The first-order valence-corrected chi connectivity index (χ1v) is 17.0. The normalized spacial score (nSPS) is 21.6. The van der Waals surface area contributed by atoms with Crippen LogP contribution in [-0.4, -0.2) is 82.0 Å². The molecule has 2 fully saturated rings. The summed E-state index contributed by atoms with van der Waals surface area (Å²) in [6.07, 6.45) is 10.3. The van der Waals surface area contributed by atoms with Gasteiger partial charge >= 0.3 is 0 Å². The van der Waals surface area contributed by atoms with Gasteiger partial charge in [-0.15, -0.1) is 0 Å². The van der Waals surface area contributed by atoms with Crippen molar-refractivity contribution in [3.63, 3.8) is 0 Å². The van der Waals surface area contributed by atoms with Crippen LogP contribution in [0.25, 0.3) is 11.1 Å². The number of hydrogen-bond acceptors (Lipinski definition) is 10. The van der Waals surface area contributed by atoms with Gasteiger partial charge in [-0.05, 0) is 68.0 Å². The predicted octanol–water partition coefficient (Wildman–Crippen LogP) is 3.41. The molecule has 250 valence electrons. The zero-order valence-electron chi connectivity index (χ0n) is 27.5. The Hall–Kier alpha value is -4.52. The number of carbonyl (C=O) groups excluding carboxylic acids is 1. The van der Waals surface area contributed by atoms with Gasteiger partial charge in [0.15, 0.2) is 0 Å². The van der Waals surface area contributed by atoms with Crippen molar-refractivity contribution in [2.45, 2.75) is 57.7 Å². The smallest absolute Gasteiger partial charge is 0.274 e. The van der Waals surface area contributed by atoms with E-state index >= 15 is 0 Å². The second kappa shape index (κ2) is 12.5. The van der Waals surface area contributed by atoms with E-state index in [-0.39, 0.29) is 24.7 Å². The van der Waals surface area contributed by atoms with Crippen LogP contribution < -0.4 is 26.0 Å². The minimum Gasteiger partial charge on any atom is -0.392 e. The Balaban J connectivity index is 1.03. The highest BCUT2D eigenvalue weighted by atomic mass is 16.5. The third kappa shape index (κ3) is 5.37. The van der Waals surface area contributed by atoms with Gasteiger partial charge in [0.05, 0.1) is 44.4 Å². The standard InChI is InChI=1S/C36H42N8O4/c1-22-16-42(26-19-48-20-26)11-12-43(22)25-7-8-32(38-15-25)40-31-14-24(17-41(2)36(31)47)27-9-10-37-34(30(27)18-45)44-21-39-33-28-6-4-3-5-23(28)13-29(33)35(44)46/h7-10,14-15,17,22,26,39,45H,3-6,11-13,16,18-21H2,1-2H3,(H,38,40)/t22-/m0/s1.